The molecule has 19 heavy (non-hydrogen) atoms. The number of hydrogen-bond acceptors (Lipinski definition) is 4. The third-order valence-corrected chi connectivity index (χ3v) is 5.61. The van der Waals surface area contributed by atoms with Gasteiger partial charge in [0.05, 0.1) is 0 Å². The van der Waals surface area contributed by atoms with Crippen LogP contribution in [0.1, 0.15) is 39.0 Å². The maximum absolute atomic E-state index is 12.4. The molecule has 2 saturated carbocycles. The van der Waals surface area contributed by atoms with E-state index in [1.54, 1.807) is 0 Å². The number of nitrogens with one attached hydrogen (secondary N) is 1. The van der Waals surface area contributed by atoms with Crippen molar-refractivity contribution in [2.24, 2.45) is 5.41 Å². The van der Waals surface area contributed by atoms with Crippen LogP contribution in [0.3, 0.4) is 0 Å². The summed E-state index contributed by atoms with van der Waals surface area (Å²) in [5.41, 5.74) is -0.899. The lowest BCUT2D eigenvalue weighted by Crippen LogP contribution is -2.61. The summed E-state index contributed by atoms with van der Waals surface area (Å²) in [6.45, 7) is 2.12. The fourth-order valence-electron chi connectivity index (χ4n) is 3.13. The number of carbonyl (C=O) groups is 3. The van der Waals surface area contributed by atoms with Crippen LogP contribution in [0.4, 0.5) is 4.79 Å². The van der Waals surface area contributed by atoms with Crippen LogP contribution >= 0.6 is 11.8 Å². The molecule has 0 radical (unpaired) electrons. The van der Waals surface area contributed by atoms with Crippen LogP contribution in [-0.4, -0.2) is 39.8 Å². The minimum absolute atomic E-state index is 0.0258. The Hall–Kier alpha value is -1.04. The monoisotopic (exact) mass is 282 g/mol. The normalized spacial score (nSPS) is 32.9. The van der Waals surface area contributed by atoms with Gasteiger partial charge in [0.25, 0.3) is 0 Å². The van der Waals surface area contributed by atoms with Crippen LogP contribution in [0.15, 0.2) is 0 Å². The van der Waals surface area contributed by atoms with Crippen molar-refractivity contribution < 1.29 is 14.4 Å². The Morgan fingerprint density at radius 3 is 2.68 bits per heavy atom. The summed E-state index contributed by atoms with van der Waals surface area (Å²) in [6, 6.07) is -0.540. The topological polar surface area (TPSA) is 66.5 Å². The summed E-state index contributed by atoms with van der Waals surface area (Å²) >= 11 is 1.89. The highest BCUT2D eigenvalue weighted by molar-refractivity contribution is 7.99. The molecule has 1 spiro atoms. The first kappa shape index (κ1) is 13.0. The first-order chi connectivity index (χ1) is 9.08. The molecule has 2 aliphatic carbocycles. The van der Waals surface area contributed by atoms with Crippen LogP contribution in [0, 0.1) is 5.41 Å². The van der Waals surface area contributed by atoms with Crippen LogP contribution in [-0.2, 0) is 9.59 Å². The molecule has 0 bridgehead atoms. The lowest BCUT2D eigenvalue weighted by molar-refractivity contribution is -0.146. The van der Waals surface area contributed by atoms with Gasteiger partial charge in [-0.15, -0.1) is 0 Å². The zero-order chi connectivity index (χ0) is 13.6. The average molecular weight is 282 g/mol. The molecular weight excluding hydrogens is 264 g/mol. The van der Waals surface area contributed by atoms with E-state index in [2.05, 4.69) is 12.2 Å². The van der Waals surface area contributed by atoms with Crippen molar-refractivity contribution in [3.63, 3.8) is 0 Å². The van der Waals surface area contributed by atoms with Crippen LogP contribution < -0.4 is 5.32 Å². The predicted molar refractivity (Wildman–Crippen MR) is 71.6 cm³/mol. The summed E-state index contributed by atoms with van der Waals surface area (Å²) in [7, 11) is 0. The maximum Gasteiger partial charge on any atom is 0.331 e. The molecule has 3 rings (SSSR count). The second kappa shape index (κ2) is 4.51. The number of barbiturate groups is 1. The van der Waals surface area contributed by atoms with Gasteiger partial charge in [0.15, 0.2) is 0 Å². The molecule has 3 aliphatic rings. The molecule has 6 heteroatoms. The van der Waals surface area contributed by atoms with Crippen molar-refractivity contribution in [3.05, 3.63) is 0 Å². The fraction of sp³-hybridized carbons (Fsp3) is 0.769. The van der Waals surface area contributed by atoms with Gasteiger partial charge >= 0.3 is 6.03 Å². The molecule has 104 valence electrons. The van der Waals surface area contributed by atoms with Gasteiger partial charge in [-0.25, -0.2) is 4.79 Å². The van der Waals surface area contributed by atoms with Crippen LogP contribution in [0.2, 0.25) is 0 Å². The van der Waals surface area contributed by atoms with E-state index in [1.165, 1.54) is 4.90 Å². The number of urea groups is 1. The van der Waals surface area contributed by atoms with Crippen molar-refractivity contribution >= 4 is 29.6 Å². The van der Waals surface area contributed by atoms with E-state index in [0.29, 0.717) is 18.1 Å². The summed E-state index contributed by atoms with van der Waals surface area (Å²) in [6.07, 6.45) is 3.94. The highest BCUT2D eigenvalue weighted by atomic mass is 32.2. The number of hydrogen-bond donors (Lipinski definition) is 1. The number of imide groups is 2. The molecule has 2 unspecified atom stereocenters. The highest BCUT2D eigenvalue weighted by Gasteiger charge is 2.63. The van der Waals surface area contributed by atoms with E-state index in [0.717, 1.165) is 25.0 Å². The Balaban J connectivity index is 1.75. The lowest BCUT2D eigenvalue weighted by atomic mass is 10.00. The van der Waals surface area contributed by atoms with Gasteiger partial charge in [0.1, 0.15) is 5.41 Å². The zero-order valence-electron chi connectivity index (χ0n) is 11.0. The first-order valence-electron chi connectivity index (χ1n) is 6.89. The van der Waals surface area contributed by atoms with Gasteiger partial charge in [-0.1, -0.05) is 6.92 Å². The van der Waals surface area contributed by atoms with Crippen molar-refractivity contribution in [2.45, 2.75) is 50.3 Å². The van der Waals surface area contributed by atoms with E-state index >= 15 is 0 Å². The second-order valence-corrected chi connectivity index (χ2v) is 7.14. The van der Waals surface area contributed by atoms with Crippen molar-refractivity contribution in [1.29, 1.82) is 0 Å². The van der Waals surface area contributed by atoms with E-state index in [9.17, 15) is 14.4 Å². The van der Waals surface area contributed by atoms with Crippen molar-refractivity contribution in [3.8, 4) is 0 Å². The summed E-state index contributed by atoms with van der Waals surface area (Å²) < 4.78 is 0. The molecule has 3 fully saturated rings. The number of thioether (sulfide) groups is 1. The maximum atomic E-state index is 12.4. The van der Waals surface area contributed by atoms with E-state index in [1.807, 2.05) is 11.8 Å². The molecule has 1 saturated heterocycles. The smallest absolute Gasteiger partial charge is 0.277 e. The molecule has 1 heterocycles. The number of carbonyl (C=O) groups excluding carboxylic acids is 3. The zero-order valence-corrected chi connectivity index (χ0v) is 11.8. The molecule has 5 nitrogen and oxygen atoms in total. The Kier molecular flexibility index (Phi) is 3.08. The summed E-state index contributed by atoms with van der Waals surface area (Å²) in [5.74, 6) is 0.407. The minimum Gasteiger partial charge on any atom is -0.277 e. The van der Waals surface area contributed by atoms with E-state index in [-0.39, 0.29) is 11.9 Å². The Morgan fingerprint density at radius 1 is 1.32 bits per heavy atom. The van der Waals surface area contributed by atoms with Gasteiger partial charge in [0, 0.05) is 11.3 Å². The number of nitrogens with zero attached hydrogens (tertiary/aromatic N) is 1. The van der Waals surface area contributed by atoms with E-state index in [4.69, 9.17) is 0 Å². The molecule has 4 amide bonds. The third kappa shape index (κ3) is 1.96. The van der Waals surface area contributed by atoms with Gasteiger partial charge in [-0.3, -0.25) is 19.8 Å². The molecule has 0 aromatic heterocycles. The summed E-state index contributed by atoms with van der Waals surface area (Å²) in [4.78, 5) is 37.4. The highest BCUT2D eigenvalue weighted by Crippen LogP contribution is 2.50. The van der Waals surface area contributed by atoms with Crippen LogP contribution in [0.5, 0.6) is 0 Å². The van der Waals surface area contributed by atoms with Gasteiger partial charge < -0.3 is 0 Å². The summed E-state index contributed by atoms with van der Waals surface area (Å²) in [5, 5.41) is 2.89. The largest absolute Gasteiger partial charge is 0.331 e. The standard InChI is InChI=1S/C13H18N2O3S/c1-2-19-9-4-3-8(7-9)15-11(17)13(5-6-13)10(16)14-12(15)18/h8-9H,2-7H2,1H3,(H,14,16,18). The fourth-order valence-corrected chi connectivity index (χ4v) is 4.27. The number of amides is 4. The van der Waals surface area contributed by atoms with Gasteiger partial charge in [-0.2, -0.15) is 11.8 Å². The number of rotatable bonds is 3. The van der Waals surface area contributed by atoms with Crippen molar-refractivity contribution in [1.82, 2.24) is 10.2 Å². The molecule has 2 atom stereocenters. The van der Waals surface area contributed by atoms with E-state index < -0.39 is 17.4 Å². The minimum atomic E-state index is -0.899. The SMILES string of the molecule is CCSC1CCC(N2C(=O)NC(=O)C3(CC3)C2=O)C1. The molecule has 1 N–H and O–H groups in total. The van der Waals surface area contributed by atoms with Crippen LogP contribution in [0.25, 0.3) is 0 Å². The molecular formula is C13H18N2O3S. The van der Waals surface area contributed by atoms with Crippen molar-refractivity contribution in [2.75, 3.05) is 5.75 Å². The van der Waals surface area contributed by atoms with Gasteiger partial charge in [-0.05, 0) is 37.9 Å². The quantitative estimate of drug-likeness (QED) is 0.797. The Morgan fingerprint density at radius 2 is 2.05 bits per heavy atom. The molecule has 1 aliphatic heterocycles. The third-order valence-electron chi connectivity index (χ3n) is 4.38. The Bertz CT molecular complexity index is 447. The Labute approximate surface area is 116 Å². The lowest BCUT2D eigenvalue weighted by Gasteiger charge is -2.34. The predicted octanol–water partition coefficient (Wildman–Crippen LogP) is 1.52. The second-order valence-electron chi connectivity index (χ2n) is 5.56. The molecule has 0 aromatic rings. The first-order valence-corrected chi connectivity index (χ1v) is 7.94. The average Bonchev–Trinajstić information content (AvgIpc) is 3.05. The van der Waals surface area contributed by atoms with Gasteiger partial charge in [0.2, 0.25) is 11.8 Å². The molecule has 0 aromatic carbocycles.